The van der Waals surface area contributed by atoms with E-state index in [1.54, 1.807) is 0 Å². The normalized spacial score (nSPS) is 14.1. The zero-order chi connectivity index (χ0) is 15.9. The lowest BCUT2D eigenvalue weighted by Crippen LogP contribution is -2.19. The Morgan fingerprint density at radius 3 is 2.30 bits per heavy atom. The van der Waals surface area contributed by atoms with Gasteiger partial charge in [0.1, 0.15) is 6.29 Å². The zero-order valence-corrected chi connectivity index (χ0v) is 12.9. The number of carbonyl (C=O) groups excluding carboxylic acids is 1. The summed E-state index contributed by atoms with van der Waals surface area (Å²) in [7, 11) is 0. The third kappa shape index (κ3) is 4.30. The van der Waals surface area contributed by atoms with Crippen LogP contribution in [0.1, 0.15) is 21.5 Å². The second-order valence-electron chi connectivity index (χ2n) is 5.55. The van der Waals surface area contributed by atoms with Crippen LogP contribution in [0.4, 0.5) is 0 Å². The first-order chi connectivity index (χ1) is 11.3. The maximum absolute atomic E-state index is 10.6. The van der Waals surface area contributed by atoms with Gasteiger partial charge < -0.3 is 4.90 Å². The summed E-state index contributed by atoms with van der Waals surface area (Å²) in [6, 6.07) is 18.1. The van der Waals surface area contributed by atoms with E-state index in [0.29, 0.717) is 5.56 Å². The molecule has 0 bridgehead atoms. The number of allylic oxidation sites excluding steroid dienone is 3. The van der Waals surface area contributed by atoms with Crippen molar-refractivity contribution in [3.63, 3.8) is 0 Å². The van der Waals surface area contributed by atoms with Crippen molar-refractivity contribution in [2.45, 2.75) is 6.54 Å². The Labute approximate surface area is 137 Å². The SMILES string of the molecule is O=Cc1ccc(C=CC2=CCN(Cc3ccccc3)C=C2)cc1. The lowest BCUT2D eigenvalue weighted by atomic mass is 10.1. The fourth-order valence-electron chi connectivity index (χ4n) is 2.48. The van der Waals surface area contributed by atoms with E-state index in [9.17, 15) is 4.79 Å². The van der Waals surface area contributed by atoms with Gasteiger partial charge in [-0.25, -0.2) is 0 Å². The maximum Gasteiger partial charge on any atom is 0.150 e. The standard InChI is InChI=1S/C21H19NO/c23-17-21-10-8-18(9-11-21)6-7-19-12-14-22(15-13-19)16-20-4-2-1-3-5-20/h1-14,17H,15-16H2. The van der Waals surface area contributed by atoms with Crippen LogP contribution in [-0.4, -0.2) is 17.7 Å². The quantitative estimate of drug-likeness (QED) is 0.760. The van der Waals surface area contributed by atoms with Crippen LogP contribution in [0.2, 0.25) is 0 Å². The molecule has 1 heterocycles. The Bertz CT molecular complexity index is 739. The summed E-state index contributed by atoms with van der Waals surface area (Å²) in [5, 5.41) is 0. The van der Waals surface area contributed by atoms with Gasteiger partial charge in [0.15, 0.2) is 0 Å². The van der Waals surface area contributed by atoms with E-state index >= 15 is 0 Å². The van der Waals surface area contributed by atoms with Crippen LogP contribution in [0.25, 0.3) is 6.08 Å². The van der Waals surface area contributed by atoms with Gasteiger partial charge in [-0.15, -0.1) is 0 Å². The molecule has 0 spiro atoms. The molecule has 3 rings (SSSR count). The second-order valence-corrected chi connectivity index (χ2v) is 5.55. The average molecular weight is 301 g/mol. The number of nitrogens with zero attached hydrogens (tertiary/aromatic N) is 1. The van der Waals surface area contributed by atoms with Gasteiger partial charge in [0.05, 0.1) is 0 Å². The van der Waals surface area contributed by atoms with Gasteiger partial charge in [-0.1, -0.05) is 72.8 Å². The summed E-state index contributed by atoms with van der Waals surface area (Å²) in [5.74, 6) is 0. The fraction of sp³-hybridized carbons (Fsp3) is 0.0952. The molecule has 0 saturated heterocycles. The van der Waals surface area contributed by atoms with E-state index in [-0.39, 0.29) is 0 Å². The third-order valence-corrected chi connectivity index (χ3v) is 3.81. The summed E-state index contributed by atoms with van der Waals surface area (Å²) in [4.78, 5) is 12.9. The van der Waals surface area contributed by atoms with Gasteiger partial charge in [-0.05, 0) is 22.8 Å². The average Bonchev–Trinajstić information content (AvgIpc) is 2.62. The topological polar surface area (TPSA) is 20.3 Å². The second kappa shape index (κ2) is 7.41. The monoisotopic (exact) mass is 301 g/mol. The number of aldehydes is 1. The van der Waals surface area contributed by atoms with Gasteiger partial charge in [0, 0.05) is 24.9 Å². The predicted octanol–water partition coefficient (Wildman–Crippen LogP) is 4.47. The summed E-state index contributed by atoms with van der Waals surface area (Å²) < 4.78 is 0. The highest BCUT2D eigenvalue weighted by Gasteiger charge is 2.03. The van der Waals surface area contributed by atoms with Crippen molar-refractivity contribution >= 4 is 12.4 Å². The molecule has 1 aliphatic rings. The molecular formula is C21H19NO. The van der Waals surface area contributed by atoms with Crippen molar-refractivity contribution < 1.29 is 4.79 Å². The Balaban J connectivity index is 1.57. The molecule has 0 aromatic heterocycles. The Morgan fingerprint density at radius 1 is 0.913 bits per heavy atom. The lowest BCUT2D eigenvalue weighted by Gasteiger charge is -2.22. The minimum Gasteiger partial charge on any atom is -0.369 e. The highest BCUT2D eigenvalue weighted by Crippen LogP contribution is 2.14. The van der Waals surface area contributed by atoms with Gasteiger partial charge in [0.2, 0.25) is 0 Å². The van der Waals surface area contributed by atoms with Gasteiger partial charge in [0.25, 0.3) is 0 Å². The molecule has 2 nitrogen and oxygen atoms in total. The molecule has 0 unspecified atom stereocenters. The van der Waals surface area contributed by atoms with Gasteiger partial charge in [-0.3, -0.25) is 4.79 Å². The van der Waals surface area contributed by atoms with Crippen LogP contribution in [0.15, 0.2) is 84.6 Å². The number of benzene rings is 2. The fourth-order valence-corrected chi connectivity index (χ4v) is 2.48. The summed E-state index contributed by atoms with van der Waals surface area (Å²) in [6.07, 6.45) is 11.5. The number of rotatable bonds is 5. The van der Waals surface area contributed by atoms with Gasteiger partial charge in [-0.2, -0.15) is 0 Å². The predicted molar refractivity (Wildman–Crippen MR) is 94.9 cm³/mol. The number of hydrogen-bond donors (Lipinski definition) is 0. The third-order valence-electron chi connectivity index (χ3n) is 3.81. The minimum absolute atomic E-state index is 0.704. The first-order valence-corrected chi connectivity index (χ1v) is 7.73. The Morgan fingerprint density at radius 2 is 1.65 bits per heavy atom. The van der Waals surface area contributed by atoms with Crippen LogP contribution in [-0.2, 0) is 6.54 Å². The highest BCUT2D eigenvalue weighted by atomic mass is 16.1. The number of carbonyl (C=O) groups is 1. The molecule has 1 aliphatic heterocycles. The van der Waals surface area contributed by atoms with Crippen molar-refractivity contribution in [2.75, 3.05) is 6.54 Å². The highest BCUT2D eigenvalue weighted by molar-refractivity contribution is 5.75. The molecule has 0 N–H and O–H groups in total. The summed E-state index contributed by atoms with van der Waals surface area (Å²) in [5.41, 5.74) is 4.32. The zero-order valence-electron chi connectivity index (χ0n) is 12.9. The molecule has 0 radical (unpaired) electrons. The molecule has 2 heteroatoms. The smallest absolute Gasteiger partial charge is 0.150 e. The van der Waals surface area contributed by atoms with E-state index in [2.05, 4.69) is 59.7 Å². The molecule has 114 valence electrons. The first-order valence-electron chi connectivity index (χ1n) is 7.73. The molecule has 2 aromatic rings. The van der Waals surface area contributed by atoms with Crippen molar-refractivity contribution in [1.82, 2.24) is 4.90 Å². The molecule has 0 saturated carbocycles. The van der Waals surface area contributed by atoms with Crippen LogP contribution in [0, 0.1) is 0 Å². The van der Waals surface area contributed by atoms with E-state index in [0.717, 1.165) is 24.9 Å². The largest absolute Gasteiger partial charge is 0.369 e. The molecule has 0 fully saturated rings. The van der Waals surface area contributed by atoms with E-state index in [1.165, 1.54) is 11.1 Å². The van der Waals surface area contributed by atoms with Crippen LogP contribution in [0.5, 0.6) is 0 Å². The van der Waals surface area contributed by atoms with Crippen molar-refractivity contribution in [1.29, 1.82) is 0 Å². The van der Waals surface area contributed by atoms with Crippen LogP contribution >= 0.6 is 0 Å². The Hall–Kier alpha value is -2.87. The van der Waals surface area contributed by atoms with E-state index < -0.39 is 0 Å². The maximum atomic E-state index is 10.6. The molecule has 0 amide bonds. The van der Waals surface area contributed by atoms with E-state index in [4.69, 9.17) is 0 Å². The van der Waals surface area contributed by atoms with Crippen LogP contribution < -0.4 is 0 Å². The number of hydrogen-bond acceptors (Lipinski definition) is 2. The molecule has 2 aromatic carbocycles. The minimum atomic E-state index is 0.704. The summed E-state index contributed by atoms with van der Waals surface area (Å²) in [6.45, 7) is 1.84. The van der Waals surface area contributed by atoms with Crippen molar-refractivity contribution in [3.05, 3.63) is 101 Å². The van der Waals surface area contributed by atoms with E-state index in [1.807, 2.05) is 30.3 Å². The first kappa shape index (κ1) is 15.0. The summed E-state index contributed by atoms with van der Waals surface area (Å²) >= 11 is 0. The molecule has 23 heavy (non-hydrogen) atoms. The van der Waals surface area contributed by atoms with Gasteiger partial charge >= 0.3 is 0 Å². The Kier molecular flexibility index (Phi) is 4.85. The van der Waals surface area contributed by atoms with Crippen molar-refractivity contribution in [3.8, 4) is 0 Å². The molecule has 0 aliphatic carbocycles. The van der Waals surface area contributed by atoms with Crippen molar-refractivity contribution in [2.24, 2.45) is 0 Å². The lowest BCUT2D eigenvalue weighted by molar-refractivity contribution is 0.112. The van der Waals surface area contributed by atoms with Crippen LogP contribution in [0.3, 0.4) is 0 Å². The molecular weight excluding hydrogens is 282 g/mol. The molecule has 0 atom stereocenters.